The van der Waals surface area contributed by atoms with E-state index in [1.807, 2.05) is 0 Å². The standard InChI is InChI=1S/C9H7ClF2N4/c10-8-13-7-2-1-6(3-16(7)14-8)15-4-9(11,12)5-15/h1-3H,4-5H2. The second-order valence-electron chi connectivity index (χ2n) is 3.78. The lowest BCUT2D eigenvalue weighted by Crippen LogP contribution is -2.56. The Morgan fingerprint density at radius 3 is 2.75 bits per heavy atom. The molecule has 84 valence electrons. The van der Waals surface area contributed by atoms with Gasteiger partial charge in [-0.1, -0.05) is 0 Å². The van der Waals surface area contributed by atoms with Crippen LogP contribution >= 0.6 is 11.6 Å². The molecule has 0 unspecified atom stereocenters. The molecular formula is C9H7ClF2N4. The lowest BCUT2D eigenvalue weighted by atomic mass is 10.1. The highest BCUT2D eigenvalue weighted by Gasteiger charge is 2.44. The zero-order valence-electron chi connectivity index (χ0n) is 8.07. The number of pyridine rings is 1. The van der Waals surface area contributed by atoms with Gasteiger partial charge in [-0.25, -0.2) is 13.3 Å². The summed E-state index contributed by atoms with van der Waals surface area (Å²) in [5.74, 6) is -2.57. The first kappa shape index (κ1) is 9.77. The molecule has 3 rings (SSSR count). The summed E-state index contributed by atoms with van der Waals surface area (Å²) in [5.41, 5.74) is 1.29. The maximum absolute atomic E-state index is 12.7. The summed E-state index contributed by atoms with van der Waals surface area (Å²) in [5, 5.41) is 4.05. The van der Waals surface area contributed by atoms with Crippen LogP contribution in [0.3, 0.4) is 0 Å². The Hall–Kier alpha value is -1.43. The second-order valence-corrected chi connectivity index (χ2v) is 4.12. The van der Waals surface area contributed by atoms with Crippen LogP contribution in [0.15, 0.2) is 18.3 Å². The van der Waals surface area contributed by atoms with Crippen molar-refractivity contribution < 1.29 is 8.78 Å². The SMILES string of the molecule is FC1(F)CN(c2ccc3nc(Cl)nn3c2)C1. The van der Waals surface area contributed by atoms with E-state index < -0.39 is 5.92 Å². The number of anilines is 1. The minimum atomic E-state index is -2.57. The van der Waals surface area contributed by atoms with E-state index in [9.17, 15) is 8.78 Å². The molecule has 7 heteroatoms. The van der Waals surface area contributed by atoms with Gasteiger partial charge in [0, 0.05) is 0 Å². The zero-order chi connectivity index (χ0) is 11.3. The number of hydrogen-bond acceptors (Lipinski definition) is 3. The number of aromatic nitrogens is 3. The van der Waals surface area contributed by atoms with Crippen LogP contribution in [0.5, 0.6) is 0 Å². The van der Waals surface area contributed by atoms with Crippen LogP contribution in [0, 0.1) is 0 Å². The monoisotopic (exact) mass is 244 g/mol. The van der Waals surface area contributed by atoms with Crippen LogP contribution in [0.4, 0.5) is 14.5 Å². The van der Waals surface area contributed by atoms with Gasteiger partial charge in [0.15, 0.2) is 5.65 Å². The van der Waals surface area contributed by atoms with Gasteiger partial charge in [-0.05, 0) is 23.7 Å². The molecule has 0 bridgehead atoms. The van der Waals surface area contributed by atoms with Crippen molar-refractivity contribution in [3.05, 3.63) is 23.6 Å². The largest absolute Gasteiger partial charge is 0.358 e. The molecule has 0 radical (unpaired) electrons. The summed E-state index contributed by atoms with van der Waals surface area (Å²) in [6.07, 6.45) is 1.64. The lowest BCUT2D eigenvalue weighted by Gasteiger charge is -2.40. The molecule has 1 fully saturated rings. The molecule has 0 atom stereocenters. The number of fused-ring (bicyclic) bond motifs is 1. The van der Waals surface area contributed by atoms with Crippen LogP contribution < -0.4 is 4.90 Å². The van der Waals surface area contributed by atoms with E-state index in [1.165, 1.54) is 4.52 Å². The molecular weight excluding hydrogens is 238 g/mol. The molecule has 2 aromatic rings. The van der Waals surface area contributed by atoms with Crippen molar-refractivity contribution in [2.45, 2.75) is 5.92 Å². The summed E-state index contributed by atoms with van der Waals surface area (Å²) in [6.45, 7) is -0.498. The van der Waals surface area contributed by atoms with Crippen LogP contribution in [0.25, 0.3) is 5.65 Å². The van der Waals surface area contributed by atoms with Gasteiger partial charge in [-0.2, -0.15) is 4.98 Å². The Morgan fingerprint density at radius 2 is 2.06 bits per heavy atom. The molecule has 0 amide bonds. The van der Waals surface area contributed by atoms with Crippen LogP contribution in [-0.2, 0) is 0 Å². The zero-order valence-corrected chi connectivity index (χ0v) is 8.82. The highest BCUT2D eigenvalue weighted by molar-refractivity contribution is 6.28. The third-order valence-electron chi connectivity index (χ3n) is 2.50. The van der Waals surface area contributed by atoms with Crippen molar-refractivity contribution in [2.75, 3.05) is 18.0 Å². The maximum Gasteiger partial charge on any atom is 0.282 e. The van der Waals surface area contributed by atoms with E-state index in [1.54, 1.807) is 23.2 Å². The van der Waals surface area contributed by atoms with Crippen molar-refractivity contribution >= 4 is 22.9 Å². The van der Waals surface area contributed by atoms with E-state index in [2.05, 4.69) is 10.1 Å². The number of rotatable bonds is 1. The molecule has 0 aromatic carbocycles. The molecule has 0 aliphatic carbocycles. The first-order valence-corrected chi connectivity index (χ1v) is 5.06. The lowest BCUT2D eigenvalue weighted by molar-refractivity contribution is -0.0263. The number of alkyl halides is 2. The number of hydrogen-bond donors (Lipinski definition) is 0. The van der Waals surface area contributed by atoms with Gasteiger partial charge in [0.1, 0.15) is 0 Å². The fraction of sp³-hybridized carbons (Fsp3) is 0.333. The number of halogens is 3. The van der Waals surface area contributed by atoms with Gasteiger partial charge >= 0.3 is 0 Å². The smallest absolute Gasteiger partial charge is 0.282 e. The summed E-state index contributed by atoms with van der Waals surface area (Å²) in [7, 11) is 0. The van der Waals surface area contributed by atoms with Crippen LogP contribution in [0.2, 0.25) is 5.28 Å². The average Bonchev–Trinajstić information content (AvgIpc) is 2.52. The molecule has 2 aromatic heterocycles. The third-order valence-corrected chi connectivity index (χ3v) is 2.66. The van der Waals surface area contributed by atoms with E-state index in [0.717, 1.165) is 0 Å². The van der Waals surface area contributed by atoms with Crippen molar-refractivity contribution in [1.29, 1.82) is 0 Å². The molecule has 3 heterocycles. The van der Waals surface area contributed by atoms with Crippen LogP contribution in [-0.4, -0.2) is 33.6 Å². The second kappa shape index (κ2) is 3.04. The Morgan fingerprint density at radius 1 is 1.31 bits per heavy atom. The Labute approximate surface area is 94.4 Å². The Balaban J connectivity index is 1.94. The topological polar surface area (TPSA) is 33.4 Å². The normalized spacial score (nSPS) is 18.8. The van der Waals surface area contributed by atoms with E-state index in [4.69, 9.17) is 11.6 Å². The fourth-order valence-corrected chi connectivity index (χ4v) is 1.89. The molecule has 16 heavy (non-hydrogen) atoms. The highest BCUT2D eigenvalue weighted by atomic mass is 35.5. The molecule has 0 saturated carbocycles. The molecule has 4 nitrogen and oxygen atoms in total. The van der Waals surface area contributed by atoms with Gasteiger partial charge in [0.05, 0.1) is 25.0 Å². The molecule has 1 aliphatic heterocycles. The van der Waals surface area contributed by atoms with E-state index >= 15 is 0 Å². The van der Waals surface area contributed by atoms with E-state index in [0.29, 0.717) is 11.3 Å². The summed E-state index contributed by atoms with van der Waals surface area (Å²) < 4.78 is 26.9. The maximum atomic E-state index is 12.7. The molecule has 1 saturated heterocycles. The minimum absolute atomic E-state index is 0.145. The van der Waals surface area contributed by atoms with Gasteiger partial charge in [-0.3, -0.25) is 0 Å². The predicted octanol–water partition coefficient (Wildman–Crippen LogP) is 1.84. The van der Waals surface area contributed by atoms with Gasteiger partial charge in [0.2, 0.25) is 5.28 Å². The van der Waals surface area contributed by atoms with Crippen molar-refractivity contribution in [3.8, 4) is 0 Å². The van der Waals surface area contributed by atoms with Gasteiger partial charge < -0.3 is 4.90 Å². The van der Waals surface area contributed by atoms with Crippen molar-refractivity contribution in [1.82, 2.24) is 14.6 Å². The molecule has 0 N–H and O–H groups in total. The third kappa shape index (κ3) is 1.49. The fourth-order valence-electron chi connectivity index (χ4n) is 1.73. The highest BCUT2D eigenvalue weighted by Crippen LogP contribution is 2.31. The predicted molar refractivity (Wildman–Crippen MR) is 55.2 cm³/mol. The summed E-state index contributed by atoms with van der Waals surface area (Å²) >= 11 is 5.63. The quantitative estimate of drug-likeness (QED) is 0.768. The first-order chi connectivity index (χ1) is 7.53. The van der Waals surface area contributed by atoms with Crippen LogP contribution in [0.1, 0.15) is 0 Å². The van der Waals surface area contributed by atoms with Gasteiger partial charge in [0.25, 0.3) is 5.92 Å². The molecule has 0 spiro atoms. The van der Waals surface area contributed by atoms with Gasteiger partial charge in [-0.15, -0.1) is 5.10 Å². The average molecular weight is 245 g/mol. The minimum Gasteiger partial charge on any atom is -0.358 e. The summed E-state index contributed by atoms with van der Waals surface area (Å²) in [6, 6.07) is 3.43. The van der Waals surface area contributed by atoms with E-state index in [-0.39, 0.29) is 18.4 Å². The van der Waals surface area contributed by atoms with Crippen molar-refractivity contribution in [2.24, 2.45) is 0 Å². The number of nitrogens with zero attached hydrogens (tertiary/aromatic N) is 4. The Kier molecular flexibility index (Phi) is 1.85. The summed E-state index contributed by atoms with van der Waals surface area (Å²) in [4.78, 5) is 5.52. The molecule has 1 aliphatic rings. The Bertz CT molecular complexity index is 545. The first-order valence-electron chi connectivity index (χ1n) is 4.68. The van der Waals surface area contributed by atoms with Crippen molar-refractivity contribution in [3.63, 3.8) is 0 Å².